The molecule has 0 aliphatic carbocycles. The SMILES string of the molecule is C1NO1.C1NO1.O=C(O)C(=O)O. The van der Waals surface area contributed by atoms with Gasteiger partial charge in [-0.05, 0) is 0 Å². The summed E-state index contributed by atoms with van der Waals surface area (Å²) in [4.78, 5) is 26.7. The Hall–Kier alpha value is -1.22. The molecule has 2 fully saturated rings. The van der Waals surface area contributed by atoms with Crippen LogP contribution in [0.25, 0.3) is 0 Å². The summed E-state index contributed by atoms with van der Waals surface area (Å²) in [6.45, 7) is 1.50. The Labute approximate surface area is 67.0 Å². The highest BCUT2D eigenvalue weighted by Gasteiger charge is 2.04. The van der Waals surface area contributed by atoms with Gasteiger partial charge in [0.25, 0.3) is 0 Å². The molecule has 0 unspecified atom stereocenters. The Balaban J connectivity index is 0.000000165. The maximum Gasteiger partial charge on any atom is 0.414 e. The fourth-order valence-electron chi connectivity index (χ4n) is 0. The molecule has 0 radical (unpaired) electrons. The molecule has 0 aromatic rings. The van der Waals surface area contributed by atoms with Crippen molar-refractivity contribution >= 4 is 11.9 Å². The minimum absolute atomic E-state index is 0.750. The van der Waals surface area contributed by atoms with Crippen LogP contribution < -0.4 is 11.0 Å². The van der Waals surface area contributed by atoms with E-state index in [9.17, 15) is 0 Å². The summed E-state index contributed by atoms with van der Waals surface area (Å²) in [5.74, 6) is -3.65. The molecule has 8 nitrogen and oxygen atoms in total. The molecule has 0 saturated carbocycles. The zero-order chi connectivity index (χ0) is 9.40. The molecule has 0 spiro atoms. The summed E-state index contributed by atoms with van der Waals surface area (Å²) in [5.41, 5.74) is 5.00. The van der Waals surface area contributed by atoms with E-state index in [1.165, 1.54) is 0 Å². The Bertz CT molecular complexity index is 132. The lowest BCUT2D eigenvalue weighted by Gasteiger charge is -1.72. The van der Waals surface area contributed by atoms with Gasteiger partial charge in [0.2, 0.25) is 0 Å². The molecule has 0 aromatic carbocycles. The molecule has 0 bridgehead atoms. The van der Waals surface area contributed by atoms with Gasteiger partial charge in [0, 0.05) is 0 Å². The van der Waals surface area contributed by atoms with E-state index < -0.39 is 11.9 Å². The van der Waals surface area contributed by atoms with Crippen LogP contribution in [-0.4, -0.2) is 35.6 Å². The number of carboxylic acids is 2. The van der Waals surface area contributed by atoms with Gasteiger partial charge >= 0.3 is 11.9 Å². The summed E-state index contributed by atoms with van der Waals surface area (Å²) in [6, 6.07) is 0. The minimum Gasteiger partial charge on any atom is -0.473 e. The number of aliphatic carboxylic acids is 2. The van der Waals surface area contributed by atoms with E-state index >= 15 is 0 Å². The van der Waals surface area contributed by atoms with E-state index in [0.29, 0.717) is 0 Å². The topological polar surface area (TPSA) is 144 Å². The average molecular weight is 180 g/mol. The van der Waals surface area contributed by atoms with Crippen LogP contribution in [0.3, 0.4) is 0 Å². The maximum absolute atomic E-state index is 9.10. The van der Waals surface area contributed by atoms with Crippen LogP contribution in [0.15, 0.2) is 0 Å². The van der Waals surface area contributed by atoms with Crippen molar-refractivity contribution in [2.75, 3.05) is 13.5 Å². The van der Waals surface area contributed by atoms with E-state index in [1.54, 1.807) is 0 Å². The third kappa shape index (κ3) is 23.3. The molecule has 8 heteroatoms. The van der Waals surface area contributed by atoms with Crippen LogP contribution >= 0.6 is 0 Å². The van der Waals surface area contributed by atoms with E-state index in [0.717, 1.165) is 13.5 Å². The van der Waals surface area contributed by atoms with Crippen molar-refractivity contribution in [1.82, 2.24) is 11.0 Å². The van der Waals surface area contributed by atoms with Crippen LogP contribution in [0, 0.1) is 0 Å². The lowest BCUT2D eigenvalue weighted by atomic mass is 10.7. The smallest absolute Gasteiger partial charge is 0.414 e. The maximum atomic E-state index is 9.10. The van der Waals surface area contributed by atoms with Crippen LogP contribution in [-0.2, 0) is 19.3 Å². The number of rotatable bonds is 0. The van der Waals surface area contributed by atoms with E-state index in [-0.39, 0.29) is 0 Å². The number of hydrogen-bond acceptors (Lipinski definition) is 6. The van der Waals surface area contributed by atoms with Gasteiger partial charge in [-0.15, -0.1) is 0 Å². The minimum atomic E-state index is -1.82. The number of hydroxylamine groups is 2. The largest absolute Gasteiger partial charge is 0.473 e. The van der Waals surface area contributed by atoms with Crippen molar-refractivity contribution in [3.8, 4) is 0 Å². The van der Waals surface area contributed by atoms with Crippen LogP contribution in [0.1, 0.15) is 0 Å². The van der Waals surface area contributed by atoms with Crippen molar-refractivity contribution in [3.63, 3.8) is 0 Å². The van der Waals surface area contributed by atoms with Gasteiger partial charge in [0.15, 0.2) is 0 Å². The molecular formula is C4H8N2O6. The number of carboxylic acid groups (broad SMARTS) is 2. The van der Waals surface area contributed by atoms with Crippen LogP contribution in [0.5, 0.6) is 0 Å². The predicted molar refractivity (Wildman–Crippen MR) is 33.4 cm³/mol. The Morgan fingerprint density at radius 2 is 1.17 bits per heavy atom. The summed E-state index contributed by atoms with van der Waals surface area (Å²) >= 11 is 0. The molecule has 12 heavy (non-hydrogen) atoms. The van der Waals surface area contributed by atoms with Gasteiger partial charge < -0.3 is 10.2 Å². The molecule has 0 amide bonds. The van der Waals surface area contributed by atoms with Gasteiger partial charge in [-0.25, -0.2) is 9.59 Å². The zero-order valence-electron chi connectivity index (χ0n) is 5.94. The zero-order valence-corrected chi connectivity index (χ0v) is 5.94. The van der Waals surface area contributed by atoms with Gasteiger partial charge in [0.05, 0.1) is 0 Å². The highest BCUT2D eigenvalue weighted by Crippen LogP contribution is 1.70. The van der Waals surface area contributed by atoms with E-state index in [4.69, 9.17) is 19.8 Å². The second kappa shape index (κ2) is 6.49. The first kappa shape index (κ1) is 10.8. The lowest BCUT2D eigenvalue weighted by molar-refractivity contribution is -0.159. The molecule has 0 atom stereocenters. The summed E-state index contributed by atoms with van der Waals surface area (Å²) in [5, 5.41) is 14.8. The normalized spacial score (nSPS) is 15.7. The van der Waals surface area contributed by atoms with Crippen molar-refractivity contribution in [3.05, 3.63) is 0 Å². The third-order valence-corrected chi connectivity index (χ3v) is 0.472. The highest BCUT2D eigenvalue weighted by atomic mass is 16.8. The van der Waals surface area contributed by atoms with Crippen LogP contribution in [0.4, 0.5) is 0 Å². The molecule has 2 aliphatic rings. The Morgan fingerprint density at radius 3 is 1.17 bits per heavy atom. The first-order valence-corrected chi connectivity index (χ1v) is 2.80. The number of nitrogens with one attached hydrogen (secondary N) is 2. The van der Waals surface area contributed by atoms with Crippen LogP contribution in [0.2, 0.25) is 0 Å². The fraction of sp³-hybridized carbons (Fsp3) is 0.500. The molecule has 0 aromatic heterocycles. The monoisotopic (exact) mass is 180 g/mol. The Kier molecular flexibility index (Phi) is 5.83. The van der Waals surface area contributed by atoms with Gasteiger partial charge in [0.1, 0.15) is 13.5 Å². The standard InChI is InChI=1S/C2H2O4.2CH3NO/c3-1(4)2(5)6;2*1-2-3-1/h(H,3,4)(H,5,6);2*2H,1H2. The van der Waals surface area contributed by atoms with Gasteiger partial charge in [-0.3, -0.25) is 9.68 Å². The van der Waals surface area contributed by atoms with Crippen molar-refractivity contribution < 1.29 is 29.5 Å². The van der Waals surface area contributed by atoms with Crippen molar-refractivity contribution in [2.24, 2.45) is 0 Å². The summed E-state index contributed by atoms with van der Waals surface area (Å²) < 4.78 is 0. The van der Waals surface area contributed by atoms with Gasteiger partial charge in [-0.1, -0.05) is 0 Å². The van der Waals surface area contributed by atoms with Crippen molar-refractivity contribution in [2.45, 2.75) is 0 Å². The average Bonchev–Trinajstić information content (AvgIpc) is 2.83. The third-order valence-electron chi connectivity index (χ3n) is 0.472. The van der Waals surface area contributed by atoms with E-state index in [2.05, 4.69) is 20.6 Å². The first-order chi connectivity index (χ1) is 5.64. The predicted octanol–water partition coefficient (Wildman–Crippen LogP) is -1.89. The summed E-state index contributed by atoms with van der Waals surface area (Å²) in [6.07, 6.45) is 0. The van der Waals surface area contributed by atoms with Crippen molar-refractivity contribution in [1.29, 1.82) is 0 Å². The second-order valence-corrected chi connectivity index (χ2v) is 1.48. The van der Waals surface area contributed by atoms with Gasteiger partial charge in [-0.2, -0.15) is 11.0 Å². The first-order valence-electron chi connectivity index (χ1n) is 2.80. The molecule has 2 saturated heterocycles. The quantitative estimate of drug-likeness (QED) is 0.250. The number of carbonyl (C=O) groups is 2. The summed E-state index contributed by atoms with van der Waals surface area (Å²) in [7, 11) is 0. The van der Waals surface area contributed by atoms with E-state index in [1.807, 2.05) is 0 Å². The molecule has 2 heterocycles. The lowest BCUT2D eigenvalue weighted by Crippen LogP contribution is -2.09. The molecule has 2 rings (SSSR count). The molecule has 4 N–H and O–H groups in total. The number of hydrogen-bond donors (Lipinski definition) is 4. The molecular weight excluding hydrogens is 172 g/mol. The second-order valence-electron chi connectivity index (χ2n) is 1.48. The Morgan fingerprint density at radius 1 is 1.00 bits per heavy atom. The molecule has 2 aliphatic heterocycles. The highest BCUT2D eigenvalue weighted by molar-refractivity contribution is 6.27. The molecule has 70 valence electrons. The fourth-order valence-corrected chi connectivity index (χ4v) is 0.